The molecule has 0 radical (unpaired) electrons. The summed E-state index contributed by atoms with van der Waals surface area (Å²) < 4.78 is 11.6. The third-order valence-corrected chi connectivity index (χ3v) is 11.4. The van der Waals surface area contributed by atoms with Gasteiger partial charge in [0.05, 0.1) is 17.5 Å². The number of carbonyl (C=O) groups excluding carboxylic acids is 3. The maximum absolute atomic E-state index is 14.0. The van der Waals surface area contributed by atoms with Crippen LogP contribution in [0.4, 0.5) is 4.79 Å². The Morgan fingerprint density at radius 1 is 0.940 bits per heavy atom. The van der Waals surface area contributed by atoms with E-state index in [1.54, 1.807) is 39.0 Å². The first-order valence-corrected chi connectivity index (χ1v) is 19.6. The molecule has 1 saturated carbocycles. The molecule has 1 aliphatic carbocycles. The fourth-order valence-corrected chi connectivity index (χ4v) is 8.86. The maximum Gasteiger partial charge on any atom is 0.411 e. The highest BCUT2D eigenvalue weighted by Crippen LogP contribution is 2.32. The largest absolute Gasteiger partial charge is 0.507 e. The quantitative estimate of drug-likeness (QED) is 0.165. The van der Waals surface area contributed by atoms with Crippen molar-refractivity contribution in [2.24, 2.45) is 5.92 Å². The minimum atomic E-state index is -0.704. The molecule has 9 nitrogen and oxygen atoms in total. The Morgan fingerprint density at radius 3 is 2.32 bits per heavy atom. The summed E-state index contributed by atoms with van der Waals surface area (Å²) in [6, 6.07) is 22.9. The monoisotopic (exact) mass is 719 g/mol. The second-order valence-corrected chi connectivity index (χ2v) is 16.2. The van der Waals surface area contributed by atoms with Crippen molar-refractivity contribution in [1.29, 1.82) is 0 Å². The predicted octanol–water partition coefficient (Wildman–Crippen LogP) is 7.63. The number of carbonyl (C=O) groups is 3. The number of nitrogens with one attached hydrogen (secondary N) is 2. The zero-order valence-corrected chi connectivity index (χ0v) is 30.8. The van der Waals surface area contributed by atoms with Gasteiger partial charge in [-0.3, -0.25) is 14.5 Å². The highest BCUT2D eigenvalue weighted by molar-refractivity contribution is 8.00. The van der Waals surface area contributed by atoms with Crippen molar-refractivity contribution in [2.75, 3.05) is 23.9 Å². The molecular formula is C39H49N3O6S2. The van der Waals surface area contributed by atoms with E-state index in [4.69, 9.17) is 9.47 Å². The average molecular weight is 720 g/mol. The minimum absolute atomic E-state index is 0.101. The van der Waals surface area contributed by atoms with E-state index in [1.165, 1.54) is 54.8 Å². The Balaban J connectivity index is 1.37. The molecule has 0 bridgehead atoms. The number of benzene rings is 3. The number of para-hydroxylation sites is 2. The molecule has 50 heavy (non-hydrogen) atoms. The topological polar surface area (TPSA) is 117 Å². The zero-order valence-electron chi connectivity index (χ0n) is 29.1. The van der Waals surface area contributed by atoms with Gasteiger partial charge in [-0.25, -0.2) is 4.79 Å². The van der Waals surface area contributed by atoms with Crippen molar-refractivity contribution in [3.63, 3.8) is 0 Å². The summed E-state index contributed by atoms with van der Waals surface area (Å²) in [5, 5.41) is 16.5. The van der Waals surface area contributed by atoms with Crippen LogP contribution >= 0.6 is 23.5 Å². The summed E-state index contributed by atoms with van der Waals surface area (Å²) in [4.78, 5) is 41.9. The molecule has 11 heteroatoms. The second kappa shape index (κ2) is 17.9. The average Bonchev–Trinajstić information content (AvgIpc) is 3.60. The van der Waals surface area contributed by atoms with Gasteiger partial charge in [0.15, 0.2) is 0 Å². The number of hydrogen-bond acceptors (Lipinski definition) is 8. The number of phenolic OH excluding ortho intramolecular Hbond substituents is 1. The van der Waals surface area contributed by atoms with Gasteiger partial charge in [0, 0.05) is 17.5 Å². The van der Waals surface area contributed by atoms with Crippen LogP contribution in [-0.2, 0) is 16.0 Å². The van der Waals surface area contributed by atoms with E-state index in [0.29, 0.717) is 24.0 Å². The Kier molecular flexibility index (Phi) is 13.4. The summed E-state index contributed by atoms with van der Waals surface area (Å²) in [6.45, 7) is 5.56. The van der Waals surface area contributed by atoms with Crippen LogP contribution < -0.4 is 15.4 Å². The maximum atomic E-state index is 14.0. The van der Waals surface area contributed by atoms with E-state index >= 15 is 0 Å². The Hall–Kier alpha value is -3.83. The van der Waals surface area contributed by atoms with E-state index in [9.17, 15) is 19.5 Å². The highest BCUT2D eigenvalue weighted by Gasteiger charge is 2.39. The number of ether oxygens (including phenoxy) is 2. The van der Waals surface area contributed by atoms with Crippen LogP contribution in [0.25, 0.3) is 0 Å². The molecule has 1 heterocycles. The van der Waals surface area contributed by atoms with E-state index in [2.05, 4.69) is 10.6 Å². The second-order valence-electron chi connectivity index (χ2n) is 13.9. The van der Waals surface area contributed by atoms with Crippen LogP contribution in [0, 0.1) is 5.92 Å². The SMILES string of the molecule is CC(C)(C)OC(=O)N1CSC[C@H]1C(=O)NC(CNC(=O)c1ccccc1O)C(Cc1ccc(Oc2ccccc2)cc1)SCC1CCCCC1. The molecule has 3 aromatic carbocycles. The standard InChI is InChI=1S/C39H49N3O6S2/c1-39(2,3)48-38(46)42-26-49-25-33(42)37(45)41-32(23-40-36(44)31-16-10-11-17-34(31)43)35(50-24-28-12-6-4-7-13-28)22-27-18-20-30(21-19-27)47-29-14-8-5-9-15-29/h5,8-11,14-21,28,32-33,35,43H,4,6-7,12-13,22-26H2,1-3H3,(H,40,44)(H,41,45)/t32?,33-,35?/m0/s1. The van der Waals surface area contributed by atoms with Crippen LogP contribution in [0.3, 0.4) is 0 Å². The van der Waals surface area contributed by atoms with Crippen LogP contribution in [0.1, 0.15) is 68.8 Å². The van der Waals surface area contributed by atoms with Crippen molar-refractivity contribution in [1.82, 2.24) is 15.5 Å². The predicted molar refractivity (Wildman–Crippen MR) is 201 cm³/mol. The first-order valence-electron chi connectivity index (χ1n) is 17.4. The Bertz CT molecular complexity index is 1560. The third-order valence-electron chi connectivity index (χ3n) is 8.83. The molecule has 2 aliphatic rings. The van der Waals surface area contributed by atoms with E-state index in [0.717, 1.165) is 22.8 Å². The molecule has 5 rings (SSSR count). The lowest BCUT2D eigenvalue weighted by atomic mass is 9.91. The van der Waals surface area contributed by atoms with Gasteiger partial charge in [-0.1, -0.05) is 61.7 Å². The van der Waals surface area contributed by atoms with Gasteiger partial charge in [-0.15, -0.1) is 11.8 Å². The lowest BCUT2D eigenvalue weighted by Crippen LogP contribution is -2.56. The summed E-state index contributed by atoms with van der Waals surface area (Å²) in [6.07, 6.45) is 6.23. The molecule has 2 unspecified atom stereocenters. The highest BCUT2D eigenvalue weighted by atomic mass is 32.2. The number of aromatic hydroxyl groups is 1. The first kappa shape index (κ1) is 37.4. The molecule has 0 spiro atoms. The number of thioether (sulfide) groups is 2. The van der Waals surface area contributed by atoms with E-state index in [-0.39, 0.29) is 29.0 Å². The molecule has 3 atom stereocenters. The number of amides is 3. The third kappa shape index (κ3) is 11.1. The van der Waals surface area contributed by atoms with Crippen LogP contribution in [0.2, 0.25) is 0 Å². The fraction of sp³-hybridized carbons (Fsp3) is 0.462. The molecule has 0 aromatic heterocycles. The van der Waals surface area contributed by atoms with Gasteiger partial charge in [0.25, 0.3) is 5.91 Å². The zero-order chi connectivity index (χ0) is 35.5. The number of phenols is 1. The van der Waals surface area contributed by atoms with Crippen molar-refractivity contribution < 1.29 is 29.0 Å². The van der Waals surface area contributed by atoms with Crippen molar-refractivity contribution in [2.45, 2.75) is 82.2 Å². The number of rotatable bonds is 13. The molecule has 1 saturated heterocycles. The van der Waals surface area contributed by atoms with E-state index < -0.39 is 29.7 Å². The summed E-state index contributed by atoms with van der Waals surface area (Å²) >= 11 is 3.34. The molecule has 3 N–H and O–H groups in total. The lowest BCUT2D eigenvalue weighted by Gasteiger charge is -2.32. The van der Waals surface area contributed by atoms with Gasteiger partial charge >= 0.3 is 6.09 Å². The molecular weight excluding hydrogens is 671 g/mol. The molecule has 2 fully saturated rings. The van der Waals surface area contributed by atoms with Crippen LogP contribution in [0.5, 0.6) is 17.2 Å². The Labute approximate surface area is 304 Å². The van der Waals surface area contributed by atoms with Crippen molar-refractivity contribution in [3.8, 4) is 17.2 Å². The van der Waals surface area contributed by atoms with Crippen LogP contribution in [0.15, 0.2) is 78.9 Å². The van der Waals surface area contributed by atoms with Gasteiger partial charge in [-0.2, -0.15) is 11.8 Å². The molecule has 1 aliphatic heterocycles. The summed E-state index contributed by atoms with van der Waals surface area (Å²) in [5.41, 5.74) is 0.551. The summed E-state index contributed by atoms with van der Waals surface area (Å²) in [5.74, 6) is 3.03. The van der Waals surface area contributed by atoms with E-state index in [1.807, 2.05) is 66.4 Å². The number of hydrogen-bond donors (Lipinski definition) is 3. The molecule has 268 valence electrons. The van der Waals surface area contributed by atoms with Gasteiger partial charge in [0.2, 0.25) is 5.91 Å². The summed E-state index contributed by atoms with van der Waals surface area (Å²) in [7, 11) is 0. The van der Waals surface area contributed by atoms with Gasteiger partial charge in [-0.05, 0) is 93.7 Å². The van der Waals surface area contributed by atoms with Gasteiger partial charge in [0.1, 0.15) is 28.9 Å². The fourth-order valence-electron chi connectivity index (χ4n) is 6.16. The lowest BCUT2D eigenvalue weighted by molar-refractivity contribution is -0.125. The molecule has 3 amide bonds. The normalized spacial score (nSPS) is 17.8. The Morgan fingerprint density at radius 2 is 1.62 bits per heavy atom. The minimum Gasteiger partial charge on any atom is -0.507 e. The molecule has 3 aromatic rings. The van der Waals surface area contributed by atoms with Crippen molar-refractivity contribution >= 4 is 41.4 Å². The van der Waals surface area contributed by atoms with Crippen LogP contribution in [-0.4, -0.2) is 74.8 Å². The smallest absolute Gasteiger partial charge is 0.411 e. The van der Waals surface area contributed by atoms with Gasteiger partial charge < -0.3 is 25.2 Å². The number of nitrogens with zero attached hydrogens (tertiary/aromatic N) is 1. The first-order chi connectivity index (χ1) is 24.1. The van der Waals surface area contributed by atoms with Crippen molar-refractivity contribution in [3.05, 3.63) is 90.0 Å².